The second kappa shape index (κ2) is 6.43. The monoisotopic (exact) mass is 346 g/mol. The summed E-state index contributed by atoms with van der Waals surface area (Å²) in [6.45, 7) is 1.05. The van der Waals surface area contributed by atoms with Crippen LogP contribution in [0.1, 0.15) is 11.1 Å². The molecule has 2 amide bonds. The first-order valence-electron chi connectivity index (χ1n) is 7.40. The van der Waals surface area contributed by atoms with E-state index in [-0.39, 0.29) is 29.1 Å². The van der Waals surface area contributed by atoms with E-state index in [2.05, 4.69) is 5.32 Å². The predicted octanol–water partition coefficient (Wildman–Crippen LogP) is 3.28. The zero-order valence-corrected chi connectivity index (χ0v) is 13.1. The molecule has 0 spiro atoms. The summed E-state index contributed by atoms with van der Waals surface area (Å²) in [7, 11) is 0. The highest BCUT2D eigenvalue weighted by molar-refractivity contribution is 6.17. The van der Waals surface area contributed by atoms with Crippen molar-refractivity contribution in [1.29, 1.82) is 0 Å². The summed E-state index contributed by atoms with van der Waals surface area (Å²) in [5.41, 5.74) is -0.0921. The van der Waals surface area contributed by atoms with E-state index in [0.29, 0.717) is 0 Å². The van der Waals surface area contributed by atoms with E-state index in [0.717, 1.165) is 23.1 Å². The van der Waals surface area contributed by atoms with Gasteiger partial charge in [0, 0.05) is 22.9 Å². The zero-order valence-electron chi connectivity index (χ0n) is 13.1. The van der Waals surface area contributed by atoms with E-state index in [4.69, 9.17) is 0 Å². The zero-order chi connectivity index (χ0) is 18.1. The Kier molecular flexibility index (Phi) is 4.31. The number of halogens is 3. The van der Waals surface area contributed by atoms with Crippen molar-refractivity contribution in [2.75, 3.05) is 5.32 Å². The van der Waals surface area contributed by atoms with Crippen LogP contribution in [-0.4, -0.2) is 16.7 Å². The molecule has 1 aliphatic heterocycles. The summed E-state index contributed by atoms with van der Waals surface area (Å²) in [4.78, 5) is 25.2. The van der Waals surface area contributed by atoms with Crippen molar-refractivity contribution in [2.24, 2.45) is 0 Å². The Morgan fingerprint density at radius 3 is 2.28 bits per heavy atom. The lowest BCUT2D eigenvalue weighted by Crippen LogP contribution is -2.31. The van der Waals surface area contributed by atoms with Gasteiger partial charge in [-0.15, -0.1) is 0 Å². The summed E-state index contributed by atoms with van der Waals surface area (Å²) in [6, 6.07) is 7.83. The number of nitrogens with zero attached hydrogens (tertiary/aromatic N) is 1. The summed E-state index contributed by atoms with van der Waals surface area (Å²) < 4.78 is 40.9. The van der Waals surface area contributed by atoms with Crippen LogP contribution in [0, 0.1) is 24.4 Å². The van der Waals surface area contributed by atoms with E-state index in [1.165, 1.54) is 25.1 Å². The number of rotatable bonds is 4. The van der Waals surface area contributed by atoms with Crippen LogP contribution >= 0.6 is 0 Å². The van der Waals surface area contributed by atoms with Crippen LogP contribution in [0.25, 0.3) is 0 Å². The van der Waals surface area contributed by atoms with Crippen molar-refractivity contribution in [2.45, 2.75) is 13.5 Å². The first-order valence-corrected chi connectivity index (χ1v) is 7.40. The highest BCUT2D eigenvalue weighted by atomic mass is 19.1. The summed E-state index contributed by atoms with van der Waals surface area (Å²) in [5.74, 6) is -3.42. The van der Waals surface area contributed by atoms with Gasteiger partial charge in [-0.1, -0.05) is 18.2 Å². The highest BCUT2D eigenvalue weighted by Crippen LogP contribution is 2.23. The van der Waals surface area contributed by atoms with Crippen molar-refractivity contribution in [3.8, 4) is 0 Å². The maximum absolute atomic E-state index is 13.7. The molecule has 1 N–H and O–H groups in total. The molecule has 4 nitrogen and oxygen atoms in total. The Labute approximate surface area is 141 Å². The molecule has 0 unspecified atom stereocenters. The van der Waals surface area contributed by atoms with Gasteiger partial charge in [0.2, 0.25) is 0 Å². The van der Waals surface area contributed by atoms with Crippen LogP contribution in [-0.2, 0) is 16.1 Å². The van der Waals surface area contributed by atoms with Gasteiger partial charge in [0.05, 0.1) is 6.54 Å². The molecule has 0 atom stereocenters. The largest absolute Gasteiger partial charge is 0.351 e. The number of carbonyl (C=O) groups excluding carboxylic acids is 2. The Balaban J connectivity index is 1.79. The van der Waals surface area contributed by atoms with Gasteiger partial charge < -0.3 is 5.32 Å². The molecule has 0 saturated heterocycles. The van der Waals surface area contributed by atoms with Gasteiger partial charge in [0.15, 0.2) is 0 Å². The molecule has 0 bridgehead atoms. The quantitative estimate of drug-likeness (QED) is 0.865. The molecule has 7 heteroatoms. The van der Waals surface area contributed by atoms with Crippen LogP contribution < -0.4 is 5.32 Å². The Bertz CT molecular complexity index is 886. The average molecular weight is 346 g/mol. The second-order valence-corrected chi connectivity index (χ2v) is 5.57. The molecule has 0 aliphatic carbocycles. The normalized spacial score (nSPS) is 14.1. The molecule has 1 heterocycles. The number of anilines is 1. The number of hydrogen-bond donors (Lipinski definition) is 1. The van der Waals surface area contributed by atoms with E-state index in [1.54, 1.807) is 6.07 Å². The van der Waals surface area contributed by atoms with Gasteiger partial charge in [-0.25, -0.2) is 13.2 Å². The smallest absolute Gasteiger partial charge is 0.277 e. The molecule has 0 fully saturated rings. The maximum atomic E-state index is 13.7. The maximum Gasteiger partial charge on any atom is 0.277 e. The molecule has 0 radical (unpaired) electrons. The lowest BCUT2D eigenvalue weighted by atomic mass is 10.2. The third-order valence-electron chi connectivity index (χ3n) is 3.86. The van der Waals surface area contributed by atoms with E-state index < -0.39 is 29.3 Å². The minimum Gasteiger partial charge on any atom is -0.351 e. The number of nitrogens with one attached hydrogen (secondary N) is 1. The second-order valence-electron chi connectivity index (χ2n) is 5.57. The van der Waals surface area contributed by atoms with E-state index >= 15 is 0 Å². The average Bonchev–Trinajstić information content (AvgIpc) is 2.82. The van der Waals surface area contributed by atoms with Crippen molar-refractivity contribution >= 4 is 17.5 Å². The van der Waals surface area contributed by atoms with Crippen molar-refractivity contribution in [3.05, 3.63) is 76.7 Å². The number of carbonyl (C=O) groups is 2. The molecule has 0 saturated carbocycles. The third kappa shape index (κ3) is 3.26. The van der Waals surface area contributed by atoms with Crippen molar-refractivity contribution in [1.82, 2.24) is 4.90 Å². The Hall–Kier alpha value is -3.09. The first kappa shape index (κ1) is 16.8. The van der Waals surface area contributed by atoms with E-state index in [9.17, 15) is 22.8 Å². The number of benzene rings is 2. The molecule has 25 heavy (non-hydrogen) atoms. The lowest BCUT2D eigenvalue weighted by molar-refractivity contribution is -0.137. The summed E-state index contributed by atoms with van der Waals surface area (Å²) >= 11 is 0. The molecule has 0 aromatic heterocycles. The minimum absolute atomic E-state index is 0.000687. The van der Waals surface area contributed by atoms with E-state index in [1.807, 2.05) is 0 Å². The number of imide groups is 1. The van der Waals surface area contributed by atoms with Gasteiger partial charge in [0.25, 0.3) is 11.8 Å². The van der Waals surface area contributed by atoms with Crippen LogP contribution in [0.3, 0.4) is 0 Å². The standard InChI is InChI=1S/C18H13F3N2O2/c1-10-14(20)6-12(7-15(10)21)22-16-8-17(24)23(18(16)25)9-11-4-2-3-5-13(11)19/h2-8,22H,9H2,1H3. The molecule has 2 aromatic carbocycles. The fourth-order valence-electron chi connectivity index (χ4n) is 2.42. The fraction of sp³-hybridized carbons (Fsp3) is 0.111. The Morgan fingerprint density at radius 1 is 1.00 bits per heavy atom. The Morgan fingerprint density at radius 2 is 1.64 bits per heavy atom. The minimum atomic E-state index is -0.775. The highest BCUT2D eigenvalue weighted by Gasteiger charge is 2.31. The van der Waals surface area contributed by atoms with Gasteiger partial charge in [-0.05, 0) is 25.1 Å². The molecule has 128 valence electrons. The van der Waals surface area contributed by atoms with Crippen LogP contribution in [0.5, 0.6) is 0 Å². The molecular formula is C18H13F3N2O2. The molecule has 3 rings (SSSR count). The number of hydrogen-bond acceptors (Lipinski definition) is 3. The van der Waals surface area contributed by atoms with Crippen molar-refractivity contribution in [3.63, 3.8) is 0 Å². The van der Waals surface area contributed by atoms with Gasteiger partial charge >= 0.3 is 0 Å². The lowest BCUT2D eigenvalue weighted by Gasteiger charge is -2.16. The topological polar surface area (TPSA) is 49.4 Å². The number of amides is 2. The van der Waals surface area contributed by atoms with Gasteiger partial charge in [-0.2, -0.15) is 0 Å². The van der Waals surface area contributed by atoms with Gasteiger partial charge in [0.1, 0.15) is 23.1 Å². The SMILES string of the molecule is Cc1c(F)cc(NC2=CC(=O)N(Cc3ccccc3F)C2=O)cc1F. The van der Waals surface area contributed by atoms with Crippen LogP contribution in [0.4, 0.5) is 18.9 Å². The predicted molar refractivity (Wildman–Crippen MR) is 84.8 cm³/mol. The molecule has 1 aliphatic rings. The third-order valence-corrected chi connectivity index (χ3v) is 3.86. The van der Waals surface area contributed by atoms with Crippen LogP contribution in [0.15, 0.2) is 48.2 Å². The van der Waals surface area contributed by atoms with Gasteiger partial charge in [-0.3, -0.25) is 14.5 Å². The van der Waals surface area contributed by atoms with Crippen molar-refractivity contribution < 1.29 is 22.8 Å². The summed E-state index contributed by atoms with van der Waals surface area (Å²) in [5, 5.41) is 2.54. The molecule has 2 aromatic rings. The fourth-order valence-corrected chi connectivity index (χ4v) is 2.42. The summed E-state index contributed by atoms with van der Waals surface area (Å²) in [6.07, 6.45) is 1.01. The molecular weight excluding hydrogens is 333 g/mol. The van der Waals surface area contributed by atoms with Crippen LogP contribution in [0.2, 0.25) is 0 Å². The first-order chi connectivity index (χ1) is 11.9.